The number of aromatic amines is 1. The molecule has 0 spiro atoms. The molecule has 7 nitrogen and oxygen atoms in total. The number of hydrogen-bond donors (Lipinski definition) is 3. The fourth-order valence-corrected chi connectivity index (χ4v) is 3.54. The van der Waals surface area contributed by atoms with Gasteiger partial charge in [-0.1, -0.05) is 12.1 Å². The van der Waals surface area contributed by atoms with E-state index in [1.54, 1.807) is 28.4 Å². The number of benzene rings is 2. The van der Waals surface area contributed by atoms with Gasteiger partial charge in [0.25, 0.3) is 0 Å². The van der Waals surface area contributed by atoms with Gasteiger partial charge in [0.15, 0.2) is 5.96 Å². The number of guanidine groups is 1. The first-order chi connectivity index (χ1) is 15.1. The molecule has 0 atom stereocenters. The summed E-state index contributed by atoms with van der Waals surface area (Å²) in [6.45, 7) is 3.51. The minimum atomic E-state index is 0.646. The van der Waals surface area contributed by atoms with Crippen LogP contribution in [-0.4, -0.2) is 45.9 Å². The van der Waals surface area contributed by atoms with Gasteiger partial charge in [-0.15, -0.1) is 0 Å². The van der Waals surface area contributed by atoms with Crippen LogP contribution in [0.4, 0.5) is 0 Å². The Balaban J connectivity index is 1.51. The van der Waals surface area contributed by atoms with Crippen molar-refractivity contribution < 1.29 is 14.2 Å². The van der Waals surface area contributed by atoms with Gasteiger partial charge in [0.2, 0.25) is 0 Å². The Labute approximate surface area is 183 Å². The standard InChI is InChI=1S/C24H32N4O3/c1-16-8-9-17(22(11-16)30-4)15-27-24(25-2)26-10-6-7-18-12-20-21(28-18)13-19(29-3)14-23(20)31-5/h8-9,11-14,28H,6-7,10,15H2,1-5H3,(H2,25,26,27). The number of hydrogen-bond acceptors (Lipinski definition) is 4. The molecule has 3 rings (SSSR count). The molecule has 0 amide bonds. The fourth-order valence-electron chi connectivity index (χ4n) is 3.54. The molecule has 0 aliphatic heterocycles. The Kier molecular flexibility index (Phi) is 7.65. The number of nitrogens with zero attached hydrogens (tertiary/aromatic N) is 1. The molecule has 0 radical (unpaired) electrons. The molecule has 31 heavy (non-hydrogen) atoms. The van der Waals surface area contributed by atoms with Crippen molar-refractivity contribution in [3.05, 3.63) is 53.2 Å². The van der Waals surface area contributed by atoms with E-state index in [9.17, 15) is 0 Å². The molecule has 0 saturated heterocycles. The molecule has 0 unspecified atom stereocenters. The predicted molar refractivity (Wildman–Crippen MR) is 126 cm³/mol. The molecule has 1 heterocycles. The van der Waals surface area contributed by atoms with Crippen molar-refractivity contribution in [2.75, 3.05) is 34.9 Å². The topological polar surface area (TPSA) is 79.9 Å². The highest BCUT2D eigenvalue weighted by Crippen LogP contribution is 2.31. The molecule has 1 aromatic heterocycles. The van der Waals surface area contributed by atoms with E-state index >= 15 is 0 Å². The van der Waals surface area contributed by atoms with Crippen molar-refractivity contribution in [1.29, 1.82) is 0 Å². The summed E-state index contributed by atoms with van der Waals surface area (Å²) in [6, 6.07) is 12.2. The van der Waals surface area contributed by atoms with Crippen LogP contribution in [0.25, 0.3) is 10.9 Å². The highest BCUT2D eigenvalue weighted by atomic mass is 16.5. The van der Waals surface area contributed by atoms with Gasteiger partial charge >= 0.3 is 0 Å². The average molecular weight is 425 g/mol. The summed E-state index contributed by atoms with van der Waals surface area (Å²) >= 11 is 0. The zero-order chi connectivity index (χ0) is 22.2. The van der Waals surface area contributed by atoms with Crippen molar-refractivity contribution in [1.82, 2.24) is 15.6 Å². The third-order valence-corrected chi connectivity index (χ3v) is 5.21. The Morgan fingerprint density at radius 3 is 2.48 bits per heavy atom. The number of nitrogens with one attached hydrogen (secondary N) is 3. The van der Waals surface area contributed by atoms with Crippen molar-refractivity contribution in [3.8, 4) is 17.2 Å². The van der Waals surface area contributed by atoms with E-state index in [1.807, 2.05) is 18.2 Å². The van der Waals surface area contributed by atoms with E-state index in [0.29, 0.717) is 6.54 Å². The third-order valence-electron chi connectivity index (χ3n) is 5.21. The summed E-state index contributed by atoms with van der Waals surface area (Å²) in [6.07, 6.45) is 1.87. The first-order valence-electron chi connectivity index (χ1n) is 10.4. The lowest BCUT2D eigenvalue weighted by Gasteiger charge is -2.14. The number of aliphatic imine (C=N–C) groups is 1. The van der Waals surface area contributed by atoms with Crippen molar-refractivity contribution in [2.45, 2.75) is 26.3 Å². The number of H-pyrrole nitrogens is 1. The first-order valence-corrected chi connectivity index (χ1v) is 10.4. The molecule has 7 heteroatoms. The van der Waals surface area contributed by atoms with E-state index in [2.05, 4.69) is 45.7 Å². The number of aromatic nitrogens is 1. The van der Waals surface area contributed by atoms with Crippen LogP contribution >= 0.6 is 0 Å². The Morgan fingerprint density at radius 1 is 0.968 bits per heavy atom. The number of rotatable bonds is 9. The lowest BCUT2D eigenvalue weighted by molar-refractivity contribution is 0.398. The summed E-state index contributed by atoms with van der Waals surface area (Å²) in [7, 11) is 6.81. The van der Waals surface area contributed by atoms with Crippen LogP contribution in [-0.2, 0) is 13.0 Å². The van der Waals surface area contributed by atoms with E-state index in [4.69, 9.17) is 14.2 Å². The third kappa shape index (κ3) is 5.63. The molecule has 3 aromatic rings. The number of methoxy groups -OCH3 is 3. The van der Waals surface area contributed by atoms with Gasteiger partial charge < -0.3 is 29.8 Å². The SMILES string of the molecule is CN=C(NCCCc1cc2c(OC)cc(OC)cc2[nH]1)NCc1ccc(C)cc1OC. The van der Waals surface area contributed by atoms with E-state index in [0.717, 1.165) is 64.8 Å². The second-order valence-corrected chi connectivity index (χ2v) is 7.36. The van der Waals surface area contributed by atoms with E-state index in [-0.39, 0.29) is 0 Å². The second kappa shape index (κ2) is 10.6. The van der Waals surface area contributed by atoms with Gasteiger partial charge in [0.05, 0.1) is 26.8 Å². The molecule has 3 N–H and O–H groups in total. The minimum Gasteiger partial charge on any atom is -0.497 e. The van der Waals surface area contributed by atoms with Gasteiger partial charge in [0.1, 0.15) is 17.2 Å². The monoisotopic (exact) mass is 424 g/mol. The second-order valence-electron chi connectivity index (χ2n) is 7.36. The van der Waals surface area contributed by atoms with E-state index < -0.39 is 0 Å². The summed E-state index contributed by atoms with van der Waals surface area (Å²) in [5, 5.41) is 7.79. The Hall–Kier alpha value is -3.35. The summed E-state index contributed by atoms with van der Waals surface area (Å²) < 4.78 is 16.3. The molecular formula is C24H32N4O3. The first kappa shape index (κ1) is 22.3. The maximum atomic E-state index is 5.50. The largest absolute Gasteiger partial charge is 0.497 e. The maximum absolute atomic E-state index is 5.50. The highest BCUT2D eigenvalue weighted by molar-refractivity contribution is 5.88. The molecule has 166 valence electrons. The minimum absolute atomic E-state index is 0.646. The number of fused-ring (bicyclic) bond motifs is 1. The quantitative estimate of drug-likeness (QED) is 0.277. The molecule has 0 bridgehead atoms. The number of aryl methyl sites for hydroxylation is 2. The van der Waals surface area contributed by atoms with E-state index in [1.165, 1.54) is 5.56 Å². The molecule has 2 aromatic carbocycles. The van der Waals surface area contributed by atoms with Crippen molar-refractivity contribution in [2.24, 2.45) is 4.99 Å². The van der Waals surface area contributed by atoms with Crippen molar-refractivity contribution in [3.63, 3.8) is 0 Å². The van der Waals surface area contributed by atoms with Crippen LogP contribution in [0.5, 0.6) is 17.2 Å². The Bertz CT molecular complexity index is 1040. The zero-order valence-corrected chi connectivity index (χ0v) is 19.0. The lowest BCUT2D eigenvalue weighted by Crippen LogP contribution is -2.37. The Morgan fingerprint density at radius 2 is 1.77 bits per heavy atom. The predicted octanol–water partition coefficient (Wildman–Crippen LogP) is 3.80. The molecule has 0 saturated carbocycles. The summed E-state index contributed by atoms with van der Waals surface area (Å²) in [5.74, 6) is 3.24. The molecular weight excluding hydrogens is 392 g/mol. The van der Waals surface area contributed by atoms with Crippen LogP contribution < -0.4 is 24.8 Å². The van der Waals surface area contributed by atoms with Gasteiger partial charge in [-0.2, -0.15) is 0 Å². The van der Waals surface area contributed by atoms with Crippen LogP contribution in [0.15, 0.2) is 41.4 Å². The maximum Gasteiger partial charge on any atom is 0.191 e. The van der Waals surface area contributed by atoms with Crippen LogP contribution in [0.3, 0.4) is 0 Å². The van der Waals surface area contributed by atoms with Gasteiger partial charge in [-0.25, -0.2) is 0 Å². The summed E-state index contributed by atoms with van der Waals surface area (Å²) in [5.41, 5.74) is 4.45. The number of ether oxygens (including phenoxy) is 3. The molecule has 0 aliphatic rings. The lowest BCUT2D eigenvalue weighted by atomic mass is 10.1. The van der Waals surface area contributed by atoms with Crippen molar-refractivity contribution >= 4 is 16.9 Å². The van der Waals surface area contributed by atoms with Gasteiger partial charge in [-0.05, 0) is 37.5 Å². The molecule has 0 fully saturated rings. The molecule has 0 aliphatic carbocycles. The zero-order valence-electron chi connectivity index (χ0n) is 19.0. The van der Waals surface area contributed by atoms with Crippen LogP contribution in [0.2, 0.25) is 0 Å². The average Bonchev–Trinajstić information content (AvgIpc) is 3.21. The normalized spacial score (nSPS) is 11.5. The van der Waals surface area contributed by atoms with Crippen LogP contribution in [0, 0.1) is 6.92 Å². The smallest absolute Gasteiger partial charge is 0.191 e. The van der Waals surface area contributed by atoms with Gasteiger partial charge in [-0.3, -0.25) is 4.99 Å². The van der Waals surface area contributed by atoms with Gasteiger partial charge in [0, 0.05) is 48.9 Å². The summed E-state index contributed by atoms with van der Waals surface area (Å²) in [4.78, 5) is 7.78. The fraction of sp³-hybridized carbons (Fsp3) is 0.375. The highest BCUT2D eigenvalue weighted by Gasteiger charge is 2.09. The van der Waals surface area contributed by atoms with Crippen LogP contribution in [0.1, 0.15) is 23.2 Å².